The molecule has 2 rings (SSSR count). The summed E-state index contributed by atoms with van der Waals surface area (Å²) < 4.78 is 5.98. The molecular weight excluding hydrogens is 574 g/mol. The molecule has 11 heteroatoms. The van der Waals surface area contributed by atoms with Crippen LogP contribution in [0.25, 0.3) is 0 Å². The number of carbonyl (C=O) groups excluding carboxylic acids is 2. The van der Waals surface area contributed by atoms with Crippen molar-refractivity contribution in [3.05, 3.63) is 64.7 Å². The third kappa shape index (κ3) is 13.9. The maximum absolute atomic E-state index is 13.5. The van der Waals surface area contributed by atoms with Crippen LogP contribution in [0.5, 0.6) is 5.75 Å². The number of rotatable bonds is 15. The molecule has 0 heterocycles. The van der Waals surface area contributed by atoms with Gasteiger partial charge in [0.05, 0.1) is 0 Å². The summed E-state index contributed by atoms with van der Waals surface area (Å²) in [5.74, 6) is -3.20. The van der Waals surface area contributed by atoms with Crippen LogP contribution in [-0.4, -0.2) is 88.1 Å². The molecule has 2 amide bonds. The Balaban J connectivity index is 0.00000139. The molecule has 2 aromatic rings. The van der Waals surface area contributed by atoms with E-state index in [-0.39, 0.29) is 11.8 Å². The van der Waals surface area contributed by atoms with E-state index in [9.17, 15) is 9.59 Å². The molecule has 0 aliphatic heterocycles. The number of nitrogens with zero attached hydrogens (tertiary/aromatic N) is 2. The average Bonchev–Trinajstić information content (AvgIpc) is 2.95. The third-order valence-electron chi connectivity index (χ3n) is 6.50. The van der Waals surface area contributed by atoms with Gasteiger partial charge < -0.3 is 25.2 Å². The van der Waals surface area contributed by atoms with Gasteiger partial charge in [-0.2, -0.15) is 0 Å². The normalized spacial score (nSPS) is 11.5. The van der Waals surface area contributed by atoms with Gasteiger partial charge in [0.25, 0.3) is 5.91 Å². The van der Waals surface area contributed by atoms with Gasteiger partial charge in [-0.05, 0) is 82.5 Å². The highest BCUT2D eigenvalue weighted by atomic mass is 35.5. The van der Waals surface area contributed by atoms with E-state index in [2.05, 4.69) is 51.8 Å². The molecule has 0 saturated heterocycles. The topological polar surface area (TPSA) is 136 Å². The summed E-state index contributed by atoms with van der Waals surface area (Å²) >= 11 is 5.97. The molecule has 0 spiro atoms. The van der Waals surface area contributed by atoms with E-state index in [1.807, 2.05) is 29.2 Å². The van der Waals surface area contributed by atoms with Crippen molar-refractivity contribution in [3.63, 3.8) is 0 Å². The standard InChI is InChI=1S/C30H44ClN3O3.C2H2O4/c1-7-17-33(18-8-2)30(36)28(32-29(35)25-11-13-26(31)14-12-25)21-24-9-15-27(16-10-24)37-20-19-34(22(3)4)23(5)6;3-1(4)2(5)6/h9-16,22-23,28H,7-8,17-21H2,1-6H3,(H,32,35);(H,3,4)(H,5,6). The molecule has 238 valence electrons. The average molecular weight is 620 g/mol. The summed E-state index contributed by atoms with van der Waals surface area (Å²) in [6.07, 6.45) is 2.12. The quantitative estimate of drug-likeness (QED) is 0.237. The molecule has 0 fully saturated rings. The highest BCUT2D eigenvalue weighted by Gasteiger charge is 2.26. The van der Waals surface area contributed by atoms with E-state index in [0.717, 1.165) is 30.7 Å². The number of hydrogen-bond acceptors (Lipinski definition) is 6. The van der Waals surface area contributed by atoms with Crippen molar-refractivity contribution < 1.29 is 34.1 Å². The van der Waals surface area contributed by atoms with Crippen LogP contribution in [0.1, 0.15) is 70.3 Å². The maximum atomic E-state index is 13.5. The van der Waals surface area contributed by atoms with Gasteiger partial charge in [0.1, 0.15) is 18.4 Å². The Morgan fingerprint density at radius 2 is 1.33 bits per heavy atom. The fourth-order valence-corrected chi connectivity index (χ4v) is 4.60. The van der Waals surface area contributed by atoms with Gasteiger partial charge in [0.2, 0.25) is 5.91 Å². The maximum Gasteiger partial charge on any atom is 0.414 e. The second kappa shape index (κ2) is 19.5. The number of carboxylic acids is 2. The van der Waals surface area contributed by atoms with Crippen molar-refractivity contribution in [3.8, 4) is 5.75 Å². The lowest BCUT2D eigenvalue weighted by atomic mass is 10.0. The van der Waals surface area contributed by atoms with E-state index in [4.69, 9.17) is 36.1 Å². The molecule has 1 atom stereocenters. The van der Waals surface area contributed by atoms with E-state index in [1.54, 1.807) is 24.3 Å². The SMILES string of the molecule is CCCN(CCC)C(=O)C(Cc1ccc(OCCN(C(C)C)C(C)C)cc1)NC(=O)c1ccc(Cl)cc1.O=C(O)C(=O)O. The van der Waals surface area contributed by atoms with Gasteiger partial charge in [0, 0.05) is 48.7 Å². The predicted octanol–water partition coefficient (Wildman–Crippen LogP) is 4.98. The van der Waals surface area contributed by atoms with Crippen LogP contribution in [0.2, 0.25) is 5.02 Å². The second-order valence-electron chi connectivity index (χ2n) is 10.6. The lowest BCUT2D eigenvalue weighted by Crippen LogP contribution is -2.50. The first-order valence-electron chi connectivity index (χ1n) is 14.6. The van der Waals surface area contributed by atoms with Crippen LogP contribution >= 0.6 is 11.6 Å². The number of amides is 2. The first-order valence-corrected chi connectivity index (χ1v) is 15.0. The van der Waals surface area contributed by atoms with Crippen LogP contribution in [0.3, 0.4) is 0 Å². The van der Waals surface area contributed by atoms with Crippen molar-refractivity contribution in [2.45, 2.75) is 78.9 Å². The number of carboxylic acid groups (broad SMARTS) is 2. The zero-order valence-electron chi connectivity index (χ0n) is 26.0. The molecule has 3 N–H and O–H groups in total. The van der Waals surface area contributed by atoms with Crippen LogP contribution < -0.4 is 10.1 Å². The van der Waals surface area contributed by atoms with Crippen LogP contribution in [0.15, 0.2) is 48.5 Å². The fraction of sp³-hybridized carbons (Fsp3) is 0.500. The number of benzene rings is 2. The van der Waals surface area contributed by atoms with Crippen LogP contribution in [0.4, 0.5) is 0 Å². The van der Waals surface area contributed by atoms with Crippen LogP contribution in [-0.2, 0) is 20.8 Å². The number of nitrogens with one attached hydrogen (secondary N) is 1. The summed E-state index contributed by atoms with van der Waals surface area (Å²) in [7, 11) is 0. The molecule has 43 heavy (non-hydrogen) atoms. The first kappa shape index (κ1) is 37.4. The molecule has 0 aliphatic carbocycles. The number of aliphatic carboxylic acids is 2. The lowest BCUT2D eigenvalue weighted by molar-refractivity contribution is -0.159. The van der Waals surface area contributed by atoms with Gasteiger partial charge in [0.15, 0.2) is 0 Å². The van der Waals surface area contributed by atoms with Crippen molar-refractivity contribution in [2.24, 2.45) is 0 Å². The van der Waals surface area contributed by atoms with E-state index < -0.39 is 18.0 Å². The Labute approximate surface area is 260 Å². The smallest absolute Gasteiger partial charge is 0.414 e. The van der Waals surface area contributed by atoms with Crippen molar-refractivity contribution in [2.75, 3.05) is 26.2 Å². The van der Waals surface area contributed by atoms with Crippen LogP contribution in [0, 0.1) is 0 Å². The fourth-order valence-electron chi connectivity index (χ4n) is 4.47. The molecule has 0 aliphatic rings. The largest absolute Gasteiger partial charge is 0.492 e. The number of carbonyl (C=O) groups is 4. The third-order valence-corrected chi connectivity index (χ3v) is 6.75. The lowest BCUT2D eigenvalue weighted by Gasteiger charge is -2.30. The molecular formula is C32H46ClN3O7. The number of hydrogen-bond donors (Lipinski definition) is 3. The zero-order valence-corrected chi connectivity index (χ0v) is 26.8. The molecule has 0 radical (unpaired) electrons. The molecule has 10 nitrogen and oxygen atoms in total. The van der Waals surface area contributed by atoms with Gasteiger partial charge in [-0.1, -0.05) is 37.6 Å². The van der Waals surface area contributed by atoms with Crippen molar-refractivity contribution >= 4 is 35.4 Å². The van der Waals surface area contributed by atoms with Crippen molar-refractivity contribution in [1.29, 1.82) is 0 Å². The van der Waals surface area contributed by atoms with Gasteiger partial charge in [-0.3, -0.25) is 14.5 Å². The van der Waals surface area contributed by atoms with Crippen molar-refractivity contribution in [1.82, 2.24) is 15.1 Å². The van der Waals surface area contributed by atoms with Gasteiger partial charge >= 0.3 is 11.9 Å². The van der Waals surface area contributed by atoms with Gasteiger partial charge in [-0.15, -0.1) is 0 Å². The molecule has 0 aromatic heterocycles. The van der Waals surface area contributed by atoms with E-state index >= 15 is 0 Å². The van der Waals surface area contributed by atoms with E-state index in [1.165, 1.54) is 0 Å². The second-order valence-corrected chi connectivity index (χ2v) is 11.0. The summed E-state index contributed by atoms with van der Waals surface area (Å²) in [4.78, 5) is 48.9. The highest BCUT2D eigenvalue weighted by molar-refractivity contribution is 6.30. The Hall–Kier alpha value is -3.63. The number of ether oxygens (including phenoxy) is 1. The highest BCUT2D eigenvalue weighted by Crippen LogP contribution is 2.16. The Morgan fingerprint density at radius 3 is 1.77 bits per heavy atom. The summed E-state index contributed by atoms with van der Waals surface area (Å²) in [5.41, 5.74) is 1.43. The Kier molecular flexibility index (Phi) is 17.0. The Bertz CT molecular complexity index is 1130. The minimum absolute atomic E-state index is 0.0613. The Morgan fingerprint density at radius 1 is 0.814 bits per heavy atom. The van der Waals surface area contributed by atoms with E-state index in [0.29, 0.717) is 48.8 Å². The monoisotopic (exact) mass is 619 g/mol. The first-order chi connectivity index (χ1) is 20.3. The minimum atomic E-state index is -1.82. The van der Waals surface area contributed by atoms with Gasteiger partial charge in [-0.25, -0.2) is 9.59 Å². The predicted molar refractivity (Wildman–Crippen MR) is 168 cm³/mol. The summed E-state index contributed by atoms with van der Waals surface area (Å²) in [5, 5.41) is 18.3. The molecule has 1 unspecified atom stereocenters. The molecule has 0 bridgehead atoms. The summed E-state index contributed by atoms with van der Waals surface area (Å²) in [6, 6.07) is 14.7. The molecule has 2 aromatic carbocycles. The minimum Gasteiger partial charge on any atom is -0.492 e. The summed E-state index contributed by atoms with van der Waals surface area (Å²) in [6.45, 7) is 15.7. The zero-order chi connectivity index (χ0) is 32.5. The number of halogens is 1. The molecule has 0 saturated carbocycles.